The summed E-state index contributed by atoms with van der Waals surface area (Å²) in [4.78, 5) is 18.7. The van der Waals surface area contributed by atoms with Crippen molar-refractivity contribution in [2.45, 2.75) is 11.7 Å². The van der Waals surface area contributed by atoms with Crippen molar-refractivity contribution in [3.63, 3.8) is 0 Å². The number of carbonyl (C=O) groups is 1. The first-order chi connectivity index (χ1) is 11.2. The van der Waals surface area contributed by atoms with Crippen LogP contribution in [0.5, 0.6) is 0 Å². The zero-order valence-corrected chi connectivity index (χ0v) is 14.0. The Hall–Kier alpha value is -2.27. The summed E-state index contributed by atoms with van der Waals surface area (Å²) in [6.45, 7) is 12.9. The minimum Gasteiger partial charge on any atom is -0.335 e. The van der Waals surface area contributed by atoms with Crippen LogP contribution in [0.1, 0.15) is 0 Å². The summed E-state index contributed by atoms with van der Waals surface area (Å²) in [6, 6.07) is 7.95. The standard InChI is InChI=1S/C18H21N3OS/c1-4-11-20(12-5-2)17(22)14-23-18-19-15-9-7-8-10-16(15)21(18)13-6-3/h4-10H,1-3,11-14H2. The van der Waals surface area contributed by atoms with Crippen LogP contribution in [0, 0.1) is 0 Å². The van der Waals surface area contributed by atoms with Gasteiger partial charge in [-0.2, -0.15) is 0 Å². The first kappa shape index (κ1) is 17.1. The molecular formula is C18H21N3OS. The molecule has 0 spiro atoms. The van der Waals surface area contributed by atoms with Gasteiger partial charge in [-0.15, -0.1) is 19.7 Å². The highest BCUT2D eigenvalue weighted by Gasteiger charge is 2.15. The van der Waals surface area contributed by atoms with E-state index in [1.165, 1.54) is 11.8 Å². The first-order valence-electron chi connectivity index (χ1n) is 7.39. The minimum absolute atomic E-state index is 0.0482. The van der Waals surface area contributed by atoms with Gasteiger partial charge in [-0.1, -0.05) is 42.1 Å². The molecule has 1 heterocycles. The van der Waals surface area contributed by atoms with Gasteiger partial charge in [-0.05, 0) is 12.1 Å². The maximum atomic E-state index is 12.3. The lowest BCUT2D eigenvalue weighted by Gasteiger charge is -2.18. The summed E-state index contributed by atoms with van der Waals surface area (Å²) in [5.41, 5.74) is 1.98. The van der Waals surface area contributed by atoms with Crippen LogP contribution in [-0.2, 0) is 11.3 Å². The number of rotatable bonds is 9. The number of amides is 1. The fourth-order valence-corrected chi connectivity index (χ4v) is 3.20. The van der Waals surface area contributed by atoms with Crippen LogP contribution in [0.4, 0.5) is 0 Å². The highest BCUT2D eigenvalue weighted by Crippen LogP contribution is 2.24. The van der Waals surface area contributed by atoms with Crippen LogP contribution >= 0.6 is 11.8 Å². The average Bonchev–Trinajstić information content (AvgIpc) is 2.91. The third-order valence-corrected chi connectivity index (χ3v) is 4.27. The van der Waals surface area contributed by atoms with Crippen molar-refractivity contribution in [1.82, 2.24) is 14.5 Å². The Labute approximate surface area is 141 Å². The second kappa shape index (κ2) is 8.39. The van der Waals surface area contributed by atoms with Crippen LogP contribution < -0.4 is 0 Å². The monoisotopic (exact) mass is 327 g/mol. The molecule has 0 saturated carbocycles. The van der Waals surface area contributed by atoms with Crippen molar-refractivity contribution in [1.29, 1.82) is 0 Å². The van der Waals surface area contributed by atoms with E-state index in [9.17, 15) is 4.79 Å². The highest BCUT2D eigenvalue weighted by atomic mass is 32.2. The van der Waals surface area contributed by atoms with Gasteiger partial charge >= 0.3 is 0 Å². The molecule has 4 nitrogen and oxygen atoms in total. The molecule has 0 aliphatic heterocycles. The molecule has 5 heteroatoms. The molecule has 0 radical (unpaired) electrons. The van der Waals surface area contributed by atoms with Crippen molar-refractivity contribution in [2.24, 2.45) is 0 Å². The maximum absolute atomic E-state index is 12.3. The molecule has 2 rings (SSSR count). The van der Waals surface area contributed by atoms with Gasteiger partial charge in [-0.3, -0.25) is 4.79 Å². The van der Waals surface area contributed by atoms with E-state index in [0.29, 0.717) is 25.4 Å². The van der Waals surface area contributed by atoms with E-state index >= 15 is 0 Å². The number of aromatic nitrogens is 2. The Morgan fingerprint density at radius 3 is 2.52 bits per heavy atom. The summed E-state index contributed by atoms with van der Waals surface area (Å²) in [6.07, 6.45) is 5.28. The number of benzene rings is 1. The van der Waals surface area contributed by atoms with Gasteiger partial charge < -0.3 is 9.47 Å². The number of nitrogens with zero attached hydrogens (tertiary/aromatic N) is 3. The van der Waals surface area contributed by atoms with Crippen molar-refractivity contribution in [3.8, 4) is 0 Å². The molecule has 23 heavy (non-hydrogen) atoms. The third kappa shape index (κ3) is 4.13. The molecule has 1 amide bonds. The molecule has 0 aliphatic rings. The van der Waals surface area contributed by atoms with Gasteiger partial charge in [0.25, 0.3) is 0 Å². The largest absolute Gasteiger partial charge is 0.335 e. The maximum Gasteiger partial charge on any atom is 0.233 e. The number of hydrogen-bond acceptors (Lipinski definition) is 3. The fourth-order valence-electron chi connectivity index (χ4n) is 2.28. The summed E-state index contributed by atoms with van der Waals surface area (Å²) in [5, 5.41) is 0.830. The minimum atomic E-state index is 0.0482. The van der Waals surface area contributed by atoms with Gasteiger partial charge in [0.1, 0.15) is 0 Å². The Balaban J connectivity index is 2.16. The molecule has 0 atom stereocenters. The molecule has 0 fully saturated rings. The van der Waals surface area contributed by atoms with Gasteiger partial charge in [0.05, 0.1) is 16.8 Å². The molecule has 0 aliphatic carbocycles. The van der Waals surface area contributed by atoms with Gasteiger partial charge in [0.15, 0.2) is 5.16 Å². The summed E-state index contributed by atoms with van der Waals surface area (Å²) >= 11 is 1.45. The molecule has 0 unspecified atom stereocenters. The Bertz CT molecular complexity index is 710. The van der Waals surface area contributed by atoms with E-state index in [2.05, 4.69) is 29.3 Å². The predicted molar refractivity (Wildman–Crippen MR) is 97.6 cm³/mol. The molecule has 2 aromatic rings. The van der Waals surface area contributed by atoms with Gasteiger partial charge in [0.2, 0.25) is 5.91 Å². The van der Waals surface area contributed by atoms with Crippen LogP contribution in [0.25, 0.3) is 11.0 Å². The number of hydrogen-bond donors (Lipinski definition) is 0. The lowest BCUT2D eigenvalue weighted by atomic mass is 10.3. The highest BCUT2D eigenvalue weighted by molar-refractivity contribution is 7.99. The summed E-state index contributed by atoms with van der Waals surface area (Å²) < 4.78 is 2.08. The van der Waals surface area contributed by atoms with E-state index in [1.54, 1.807) is 17.1 Å². The van der Waals surface area contributed by atoms with E-state index in [0.717, 1.165) is 16.2 Å². The van der Waals surface area contributed by atoms with Gasteiger partial charge in [0, 0.05) is 19.6 Å². The predicted octanol–water partition coefficient (Wildman–Crippen LogP) is 3.52. The number of imidazole rings is 1. The van der Waals surface area contributed by atoms with E-state index < -0.39 is 0 Å². The fraction of sp³-hybridized carbons (Fsp3) is 0.222. The number of para-hydroxylation sites is 2. The SMILES string of the molecule is C=CCN(CC=C)C(=O)CSc1nc2ccccc2n1CC=C. The van der Waals surface area contributed by atoms with Crippen molar-refractivity contribution in [2.75, 3.05) is 18.8 Å². The van der Waals surface area contributed by atoms with E-state index in [-0.39, 0.29) is 5.91 Å². The van der Waals surface area contributed by atoms with Gasteiger partial charge in [-0.25, -0.2) is 4.98 Å². The number of thioether (sulfide) groups is 1. The molecule has 1 aromatic heterocycles. The van der Waals surface area contributed by atoms with Crippen molar-refractivity contribution < 1.29 is 4.79 Å². The van der Waals surface area contributed by atoms with Crippen LogP contribution in [0.3, 0.4) is 0 Å². The molecular weight excluding hydrogens is 306 g/mol. The first-order valence-corrected chi connectivity index (χ1v) is 8.38. The van der Waals surface area contributed by atoms with E-state index in [1.807, 2.05) is 30.3 Å². The average molecular weight is 327 g/mol. The molecule has 0 bridgehead atoms. The topological polar surface area (TPSA) is 38.1 Å². The number of allylic oxidation sites excluding steroid dienone is 1. The Kier molecular flexibility index (Phi) is 6.23. The molecule has 0 N–H and O–H groups in total. The lowest BCUT2D eigenvalue weighted by Crippen LogP contribution is -2.32. The van der Waals surface area contributed by atoms with Crippen molar-refractivity contribution in [3.05, 3.63) is 62.2 Å². The normalized spacial score (nSPS) is 10.4. The Morgan fingerprint density at radius 1 is 1.17 bits per heavy atom. The molecule has 1 aromatic carbocycles. The Morgan fingerprint density at radius 2 is 1.87 bits per heavy atom. The van der Waals surface area contributed by atoms with Crippen LogP contribution in [0.2, 0.25) is 0 Å². The quantitative estimate of drug-likeness (QED) is 0.522. The zero-order chi connectivity index (χ0) is 16.7. The van der Waals surface area contributed by atoms with E-state index in [4.69, 9.17) is 0 Å². The molecule has 0 saturated heterocycles. The zero-order valence-electron chi connectivity index (χ0n) is 13.1. The second-order valence-electron chi connectivity index (χ2n) is 4.95. The smallest absolute Gasteiger partial charge is 0.233 e. The summed E-state index contributed by atoms with van der Waals surface area (Å²) in [5.74, 6) is 0.384. The van der Waals surface area contributed by atoms with Crippen LogP contribution in [0.15, 0.2) is 67.4 Å². The van der Waals surface area contributed by atoms with Crippen molar-refractivity contribution >= 4 is 28.7 Å². The molecule has 120 valence electrons. The third-order valence-electron chi connectivity index (χ3n) is 3.31. The lowest BCUT2D eigenvalue weighted by molar-refractivity contribution is -0.127. The summed E-state index contributed by atoms with van der Waals surface area (Å²) in [7, 11) is 0. The number of carbonyl (C=O) groups excluding carboxylic acids is 1. The van der Waals surface area contributed by atoms with Crippen LogP contribution in [-0.4, -0.2) is 39.2 Å². The second-order valence-corrected chi connectivity index (χ2v) is 5.89. The number of fused-ring (bicyclic) bond motifs is 1.